The summed E-state index contributed by atoms with van der Waals surface area (Å²) in [5, 5.41) is 79.1. The van der Waals surface area contributed by atoms with Crippen molar-refractivity contribution in [2.24, 2.45) is 5.73 Å². The molecule has 0 atom stereocenters. The number of nitrogens with zero attached hydrogens (tertiary/aromatic N) is 14. The fraction of sp³-hybridized carbons (Fsp3) is 0.383. The zero-order valence-corrected chi connectivity index (χ0v) is 77.8. The first-order valence-electron chi connectivity index (χ1n) is 42.0. The maximum Gasteiger partial charge on any atom is 0.306 e. The number of aromatic nitrogens is 15. The van der Waals surface area contributed by atoms with Crippen LogP contribution < -0.4 is 24.7 Å². The van der Waals surface area contributed by atoms with Crippen LogP contribution in [-0.4, -0.2) is 174 Å². The molecule has 17 rings (SSSR count). The van der Waals surface area contributed by atoms with Gasteiger partial charge in [0.05, 0.1) is 71.9 Å². The number of nitrogens with two attached hydrogens (primary N) is 1. The summed E-state index contributed by atoms with van der Waals surface area (Å²) in [6.07, 6.45) is 12.8. The fourth-order valence-corrected chi connectivity index (χ4v) is 12.7. The number of esters is 1. The number of H-pyrrole nitrogens is 1. The number of ether oxygens (including phenoxy) is 5. The van der Waals surface area contributed by atoms with Crippen LogP contribution in [0.3, 0.4) is 0 Å². The predicted octanol–water partition coefficient (Wildman–Crippen LogP) is 16.3. The molecule has 0 amide bonds. The van der Waals surface area contributed by atoms with Gasteiger partial charge >= 0.3 is 5.97 Å². The Balaban J connectivity index is 0.000000178. The molecular formula is C94H113ClF2IN16O12W-. The van der Waals surface area contributed by atoms with E-state index in [1.807, 2.05) is 126 Å². The zero-order chi connectivity index (χ0) is 87.2. The van der Waals surface area contributed by atoms with E-state index in [4.69, 9.17) is 44.7 Å². The molecular weight excluding hydrogens is 1930 g/mol. The van der Waals surface area contributed by atoms with Crippen LogP contribution in [0.5, 0.6) is 28.7 Å². The summed E-state index contributed by atoms with van der Waals surface area (Å²) < 4.78 is 61.7. The van der Waals surface area contributed by atoms with Gasteiger partial charge in [-0.1, -0.05) is 83.3 Å². The summed E-state index contributed by atoms with van der Waals surface area (Å²) in [4.78, 5) is 34.8. The fourth-order valence-electron chi connectivity index (χ4n) is 12.7. The van der Waals surface area contributed by atoms with Crippen LogP contribution in [0.2, 0.25) is 0 Å². The normalized spacial score (nSPS) is 13.9. The van der Waals surface area contributed by atoms with E-state index >= 15 is 0 Å². The molecule has 28 nitrogen and oxygen atoms in total. The monoisotopic (exact) mass is 2040 g/mol. The van der Waals surface area contributed by atoms with E-state index in [0.29, 0.717) is 134 Å². The zero-order valence-electron chi connectivity index (χ0n) is 71.9. The second-order valence-corrected chi connectivity index (χ2v) is 32.5. The van der Waals surface area contributed by atoms with Crippen LogP contribution in [0.1, 0.15) is 168 Å². The van der Waals surface area contributed by atoms with Crippen LogP contribution in [-0.2, 0) is 70.0 Å². The molecule has 33 heteroatoms. The molecule has 5 aliphatic rings. The molecule has 5 aliphatic carbocycles. The molecule has 0 radical (unpaired) electrons. The average molecular weight is 2040 g/mol. The van der Waals surface area contributed by atoms with Gasteiger partial charge in [0.25, 0.3) is 0 Å². The molecule has 0 saturated heterocycles. The van der Waals surface area contributed by atoms with Gasteiger partial charge in [-0.05, 0) is 229 Å². The van der Waals surface area contributed by atoms with Crippen molar-refractivity contribution >= 4 is 41.0 Å². The topological polar surface area (TPSA) is 375 Å². The number of nitrogens with one attached hydrogen (secondary N) is 1. The summed E-state index contributed by atoms with van der Waals surface area (Å²) in [6, 6.07) is 57.5. The largest absolute Gasteiger partial charge is 0.508 e. The minimum atomic E-state index is -0.558. The van der Waals surface area contributed by atoms with Gasteiger partial charge in [0.1, 0.15) is 89.9 Å². The Hall–Kier alpha value is -10.5. The van der Waals surface area contributed by atoms with Gasteiger partial charge in [0, 0.05) is 101 Å². The number of rotatable bonds is 35. The molecule has 127 heavy (non-hydrogen) atoms. The third-order valence-corrected chi connectivity index (χ3v) is 20.4. The van der Waals surface area contributed by atoms with Crippen molar-refractivity contribution in [2.75, 3.05) is 57.2 Å². The number of aliphatic hydroxyl groups is 5. The van der Waals surface area contributed by atoms with Gasteiger partial charge < -0.3 is 67.5 Å². The molecule has 676 valence electrons. The van der Waals surface area contributed by atoms with Gasteiger partial charge in [-0.2, -0.15) is 25.5 Å². The molecule has 5 heterocycles. The average Bonchev–Trinajstić information content (AvgIpc) is 1.66. The number of aliphatic hydroxyl groups excluding tert-OH is 5. The molecule has 0 unspecified atom stereocenters. The quantitative estimate of drug-likeness (QED) is 0.00791. The van der Waals surface area contributed by atoms with Crippen LogP contribution in [0.4, 0.5) is 8.78 Å². The van der Waals surface area contributed by atoms with Crippen molar-refractivity contribution in [3.8, 4) is 85.7 Å². The van der Waals surface area contributed by atoms with Crippen LogP contribution >= 0.6 is 35.0 Å². The second-order valence-electron chi connectivity index (χ2n) is 31.4. The van der Waals surface area contributed by atoms with Crippen LogP contribution in [0, 0.1) is 7.43 Å². The maximum atomic E-state index is 13.2. The van der Waals surface area contributed by atoms with E-state index < -0.39 is 5.60 Å². The number of aromatic amines is 1. The third-order valence-electron chi connectivity index (χ3n) is 19.9. The minimum Gasteiger partial charge on any atom is -0.508 e. The Bertz CT molecular complexity index is 5310. The number of phenols is 1. The smallest absolute Gasteiger partial charge is 0.306 e. The first kappa shape index (κ1) is 100. The van der Waals surface area contributed by atoms with E-state index in [1.54, 1.807) is 83.3 Å². The van der Waals surface area contributed by atoms with E-state index in [-0.39, 0.29) is 112 Å². The molecule has 5 saturated carbocycles. The van der Waals surface area contributed by atoms with Crippen molar-refractivity contribution in [1.82, 2.24) is 74.2 Å². The second kappa shape index (κ2) is 50.9. The first-order valence-corrected chi connectivity index (χ1v) is 43.6. The number of hydrogen-bond donors (Lipinski definition) is 8. The summed E-state index contributed by atoms with van der Waals surface area (Å²) in [6.45, 7) is 9.20. The maximum absolute atomic E-state index is 13.2. The van der Waals surface area contributed by atoms with Gasteiger partial charge in [0.15, 0.2) is 29.1 Å². The first-order chi connectivity index (χ1) is 60.4. The molecule has 0 bridgehead atoms. The minimum absolute atomic E-state index is 0. The SMILES string of the molecule is CC(C)(C)OC(=O)CC/C(=C\F)COc1ccc(-c2nc(C3CC3)n(CCO)n2)cc1.Cl.NC/C(=C\F)COc1ccc(-c2nc(C3CC3)n(CCO)n2)cc1.OCCI.OCCn1nc(-c2ccc(O)cc2)nc1C1CC1.OCCn1nc(-c2ccc(OCc3ccccc3)cc2)nc1C1CC1.[CH3-].[W].c1ccc(COc2ccc(-c3n[nH]c(C4CC4)n3)cc2)cc1. The van der Waals surface area contributed by atoms with Crippen molar-refractivity contribution in [1.29, 1.82) is 0 Å². The molecule has 5 aromatic heterocycles. The third kappa shape index (κ3) is 31.8. The van der Waals surface area contributed by atoms with Crippen LogP contribution in [0.15, 0.2) is 206 Å². The van der Waals surface area contributed by atoms with E-state index in [2.05, 4.69) is 90.2 Å². The van der Waals surface area contributed by atoms with Crippen LogP contribution in [0.25, 0.3) is 56.9 Å². The Morgan fingerprint density at radius 2 is 0.756 bits per heavy atom. The number of halogens is 4. The van der Waals surface area contributed by atoms with Gasteiger partial charge in [-0.25, -0.2) is 52.4 Å². The van der Waals surface area contributed by atoms with E-state index in [0.717, 1.165) is 141 Å². The number of aromatic hydroxyl groups is 1. The number of alkyl halides is 1. The Labute approximate surface area is 773 Å². The summed E-state index contributed by atoms with van der Waals surface area (Å²) in [5.74, 6) is 13.5. The van der Waals surface area contributed by atoms with Crippen molar-refractivity contribution in [2.45, 2.75) is 172 Å². The molecule has 5 fully saturated rings. The molecule has 0 spiro atoms. The van der Waals surface area contributed by atoms with E-state index in [9.17, 15) is 28.9 Å². The van der Waals surface area contributed by atoms with Crippen molar-refractivity contribution < 1.29 is 89.0 Å². The summed E-state index contributed by atoms with van der Waals surface area (Å²) >= 11 is 2.10. The number of carbonyl (C=O) groups excluding carboxylic acids is 1. The Kier molecular flexibility index (Phi) is 40.2. The van der Waals surface area contributed by atoms with Crippen molar-refractivity contribution in [3.63, 3.8) is 0 Å². The Morgan fingerprint density at radius 3 is 1.05 bits per heavy atom. The molecule has 7 aromatic carbocycles. The number of hydrogen-bond acceptors (Lipinski definition) is 23. The van der Waals surface area contributed by atoms with Gasteiger partial charge in [-0.3, -0.25) is 9.89 Å². The predicted molar refractivity (Wildman–Crippen MR) is 488 cm³/mol. The van der Waals surface area contributed by atoms with Crippen molar-refractivity contribution in [3.05, 3.63) is 253 Å². The number of carbonyl (C=O) groups is 1. The van der Waals surface area contributed by atoms with Gasteiger partial charge in [-0.15, -0.1) is 12.4 Å². The number of benzene rings is 7. The standard InChI is InChI=1S/C23H30FN3O4.C20H21N3O2.C18H17N3O.C17H21FN4O2.C13H15N3O2.C2H5IO.CH3.ClH.W/c1-23(2,3)31-20(29)11-4-16(14-24)15-30-19-9-7-17(8-10-19)21-25-22(18-5-6-18)27(26-21)12-13-28;24-13-12-23-20(17-6-7-17)21-19(22-23)16-8-10-18(11-9-16)25-14-15-4-2-1-3-5-15;1-2-4-13(5-3-1)12-22-16-10-8-15(9-11-16)18-19-17(20-21-18)14-6-7-14;18-9-12(10-19)11-24-15-5-3-13(4-6-15)16-20-17(14-1-2-14)22(21-16)7-8-23;17-8-7-16-13(10-1-2-10)14-12(15-16)9-3-5-11(18)6-4-9;3-1-2-4;;;/h7-10,14,18,28H,4-6,11-13,15H2,1-3H3;1-5,8-11,17,24H,6-7,12-14H2;1-5,8-11,14H,6-7,12H2,(H,19,20,21);3-6,9,14,23H,1-2,7-8,10-11,19H2;3-6,10,17-18H,1-2,7-8H2;4H,1-2H2;1H3;1H;/q;;;;;;-1;;/b16-14+;;;12-9+;;;;;. The Morgan fingerprint density at radius 1 is 0.449 bits per heavy atom. The number of phenolic OH excluding ortho intramolecular Hbond substituents is 1. The molecule has 9 N–H and O–H groups in total. The molecule has 12 aromatic rings. The van der Waals surface area contributed by atoms with E-state index in [1.165, 1.54) is 12.8 Å². The molecule has 0 aliphatic heterocycles. The van der Waals surface area contributed by atoms with Gasteiger partial charge in [0.2, 0.25) is 0 Å². The summed E-state index contributed by atoms with van der Waals surface area (Å²) in [7, 11) is 0. The summed E-state index contributed by atoms with van der Waals surface area (Å²) in [5.41, 5.74) is 12.5.